The van der Waals surface area contributed by atoms with Crippen LogP contribution in [0.2, 0.25) is 0 Å². The van der Waals surface area contributed by atoms with Crippen molar-refractivity contribution in [3.05, 3.63) is 62.5 Å². The predicted octanol–water partition coefficient (Wildman–Crippen LogP) is 3.22. The minimum atomic E-state index is -3.02. The predicted molar refractivity (Wildman–Crippen MR) is 96.4 cm³/mol. The molecule has 0 aliphatic carbocycles. The summed E-state index contributed by atoms with van der Waals surface area (Å²) >= 11 is 3.40. The molecule has 7 nitrogen and oxygen atoms in total. The summed E-state index contributed by atoms with van der Waals surface area (Å²) in [5.41, 5.74) is 0.992. The molecule has 0 aliphatic heterocycles. The van der Waals surface area contributed by atoms with Crippen LogP contribution in [0.15, 0.2) is 45.7 Å². The molecule has 2 aromatic carbocycles. The summed E-state index contributed by atoms with van der Waals surface area (Å²) in [7, 11) is 1.44. The highest BCUT2D eigenvalue weighted by atomic mass is 79.9. The molecule has 0 N–H and O–H groups in total. The van der Waals surface area contributed by atoms with Crippen molar-refractivity contribution in [2.24, 2.45) is 7.05 Å². The van der Waals surface area contributed by atoms with Crippen molar-refractivity contribution in [3.8, 4) is 17.2 Å². The second-order valence-corrected chi connectivity index (χ2v) is 6.51. The van der Waals surface area contributed by atoms with Crippen LogP contribution in [0.25, 0.3) is 5.69 Å². The molecule has 0 fully saturated rings. The maximum Gasteiger partial charge on any atom is 0.387 e. The highest BCUT2D eigenvalue weighted by Crippen LogP contribution is 2.30. The Balaban J connectivity index is 2.02. The monoisotopic (exact) mass is 440 g/mol. The number of ether oxygens (including phenoxy) is 2. The first-order chi connectivity index (χ1) is 12.9. The van der Waals surface area contributed by atoms with Crippen LogP contribution in [0, 0.1) is 6.92 Å². The van der Waals surface area contributed by atoms with E-state index in [1.54, 1.807) is 12.1 Å². The van der Waals surface area contributed by atoms with Gasteiger partial charge in [-0.15, -0.1) is 0 Å². The smallest absolute Gasteiger partial charge is 0.387 e. The summed E-state index contributed by atoms with van der Waals surface area (Å²) in [4.78, 5) is 12.2. The van der Waals surface area contributed by atoms with Crippen molar-refractivity contribution in [2.75, 3.05) is 0 Å². The SMILES string of the molecule is Cc1ccc(OCc2c(OC(F)F)cccc2-n2nnn(C)c2=O)c(Br)c1. The standard InChI is InChI=1S/C17H15BrF2N4O3/c1-10-6-7-15(12(18)8-10)26-9-11-13(24-17(25)23(2)21-22-24)4-3-5-14(11)27-16(19)20/h3-8,16H,9H2,1-2H3. The molecule has 0 saturated heterocycles. The fraction of sp³-hybridized carbons (Fsp3) is 0.235. The normalized spacial score (nSPS) is 11.0. The second-order valence-electron chi connectivity index (χ2n) is 5.65. The number of halogens is 3. The molecule has 0 radical (unpaired) electrons. The van der Waals surface area contributed by atoms with Gasteiger partial charge in [0.15, 0.2) is 0 Å². The van der Waals surface area contributed by atoms with E-state index in [2.05, 4.69) is 31.1 Å². The van der Waals surface area contributed by atoms with Gasteiger partial charge in [0, 0.05) is 7.05 Å². The van der Waals surface area contributed by atoms with Gasteiger partial charge in [0.05, 0.1) is 15.7 Å². The summed E-state index contributed by atoms with van der Waals surface area (Å²) in [5, 5.41) is 7.41. The first-order valence-corrected chi connectivity index (χ1v) is 8.61. The van der Waals surface area contributed by atoms with Crippen molar-refractivity contribution < 1.29 is 18.3 Å². The fourth-order valence-electron chi connectivity index (χ4n) is 2.44. The lowest BCUT2D eigenvalue weighted by molar-refractivity contribution is -0.0508. The van der Waals surface area contributed by atoms with Crippen molar-refractivity contribution in [1.82, 2.24) is 19.8 Å². The van der Waals surface area contributed by atoms with Crippen LogP contribution < -0.4 is 15.2 Å². The Morgan fingerprint density at radius 2 is 1.96 bits per heavy atom. The lowest BCUT2D eigenvalue weighted by Gasteiger charge is -2.16. The van der Waals surface area contributed by atoms with Crippen LogP contribution in [0.3, 0.4) is 0 Å². The summed E-state index contributed by atoms with van der Waals surface area (Å²) in [5.74, 6) is 0.410. The van der Waals surface area contributed by atoms with Gasteiger partial charge in [0.2, 0.25) is 0 Å². The Morgan fingerprint density at radius 3 is 2.59 bits per heavy atom. The Hall–Kier alpha value is -2.75. The van der Waals surface area contributed by atoms with E-state index in [9.17, 15) is 13.6 Å². The number of hydrogen-bond donors (Lipinski definition) is 0. The molecule has 1 heterocycles. The van der Waals surface area contributed by atoms with E-state index < -0.39 is 12.3 Å². The zero-order chi connectivity index (χ0) is 19.6. The number of tetrazole rings is 1. The third-order valence-corrected chi connectivity index (χ3v) is 4.35. The van der Waals surface area contributed by atoms with Gasteiger partial charge in [0.25, 0.3) is 0 Å². The van der Waals surface area contributed by atoms with Crippen molar-refractivity contribution in [1.29, 1.82) is 0 Å². The molecule has 3 aromatic rings. The average Bonchev–Trinajstić information content (AvgIpc) is 2.93. The zero-order valence-electron chi connectivity index (χ0n) is 14.4. The van der Waals surface area contributed by atoms with E-state index in [4.69, 9.17) is 4.74 Å². The zero-order valence-corrected chi connectivity index (χ0v) is 16.0. The minimum Gasteiger partial charge on any atom is -0.487 e. The molecule has 0 unspecified atom stereocenters. The largest absolute Gasteiger partial charge is 0.487 e. The van der Waals surface area contributed by atoms with Gasteiger partial charge in [-0.2, -0.15) is 18.1 Å². The van der Waals surface area contributed by atoms with Crippen LogP contribution in [-0.4, -0.2) is 26.4 Å². The van der Waals surface area contributed by atoms with E-state index in [0.29, 0.717) is 10.2 Å². The maximum atomic E-state index is 12.8. The van der Waals surface area contributed by atoms with E-state index in [1.807, 2.05) is 19.1 Å². The van der Waals surface area contributed by atoms with Crippen LogP contribution in [0.1, 0.15) is 11.1 Å². The molecule has 0 spiro atoms. The van der Waals surface area contributed by atoms with Gasteiger partial charge in [0.1, 0.15) is 18.1 Å². The number of nitrogens with zero attached hydrogens (tertiary/aromatic N) is 4. The summed E-state index contributed by atoms with van der Waals surface area (Å²) in [6, 6.07) is 9.89. The number of rotatable bonds is 6. The molecule has 0 saturated carbocycles. The number of benzene rings is 2. The van der Waals surface area contributed by atoms with Gasteiger partial charge in [-0.25, -0.2) is 4.79 Å². The van der Waals surface area contributed by atoms with Crippen molar-refractivity contribution >= 4 is 15.9 Å². The fourth-order valence-corrected chi connectivity index (χ4v) is 3.05. The second kappa shape index (κ2) is 7.87. The molecule has 0 bridgehead atoms. The minimum absolute atomic E-state index is 0.108. The quantitative estimate of drug-likeness (QED) is 0.588. The third-order valence-electron chi connectivity index (χ3n) is 3.73. The summed E-state index contributed by atoms with van der Waals surface area (Å²) in [6.45, 7) is -1.22. The van der Waals surface area contributed by atoms with Crippen LogP contribution in [-0.2, 0) is 13.7 Å². The maximum absolute atomic E-state index is 12.8. The van der Waals surface area contributed by atoms with Crippen LogP contribution in [0.5, 0.6) is 11.5 Å². The Labute approximate surface area is 161 Å². The summed E-state index contributed by atoms with van der Waals surface area (Å²) < 4.78 is 38.7. The van der Waals surface area contributed by atoms with Crippen molar-refractivity contribution in [3.63, 3.8) is 0 Å². The molecule has 1 aromatic heterocycles. The highest BCUT2D eigenvalue weighted by Gasteiger charge is 2.18. The van der Waals surface area contributed by atoms with Crippen LogP contribution in [0.4, 0.5) is 8.78 Å². The Bertz CT molecular complexity index is 1020. The third kappa shape index (κ3) is 4.16. The Kier molecular flexibility index (Phi) is 5.54. The lowest BCUT2D eigenvalue weighted by atomic mass is 10.1. The molecule has 27 heavy (non-hydrogen) atoms. The molecular weight excluding hydrogens is 426 g/mol. The van der Waals surface area contributed by atoms with E-state index in [0.717, 1.165) is 14.9 Å². The van der Waals surface area contributed by atoms with Gasteiger partial charge in [-0.1, -0.05) is 12.1 Å². The Morgan fingerprint density at radius 1 is 1.19 bits per heavy atom. The number of aryl methyl sites for hydroxylation is 2. The van der Waals surface area contributed by atoms with E-state index in [-0.39, 0.29) is 23.6 Å². The van der Waals surface area contributed by atoms with E-state index >= 15 is 0 Å². The average molecular weight is 441 g/mol. The lowest BCUT2D eigenvalue weighted by Crippen LogP contribution is -2.23. The molecule has 0 atom stereocenters. The van der Waals surface area contributed by atoms with Gasteiger partial charge in [-0.3, -0.25) is 0 Å². The van der Waals surface area contributed by atoms with Gasteiger partial charge >= 0.3 is 12.3 Å². The molecule has 142 valence electrons. The van der Waals surface area contributed by atoms with Crippen LogP contribution >= 0.6 is 15.9 Å². The van der Waals surface area contributed by atoms with Crippen molar-refractivity contribution in [2.45, 2.75) is 20.1 Å². The van der Waals surface area contributed by atoms with Gasteiger partial charge < -0.3 is 9.47 Å². The molecule has 3 rings (SSSR count). The van der Waals surface area contributed by atoms with E-state index in [1.165, 1.54) is 19.2 Å². The highest BCUT2D eigenvalue weighted by molar-refractivity contribution is 9.10. The first kappa shape index (κ1) is 19.0. The summed E-state index contributed by atoms with van der Waals surface area (Å²) in [6.07, 6.45) is 0. The number of alkyl halides is 2. The first-order valence-electron chi connectivity index (χ1n) is 7.82. The molecular formula is C17H15BrF2N4O3. The molecule has 0 aliphatic rings. The number of aromatic nitrogens is 4. The number of hydrogen-bond acceptors (Lipinski definition) is 5. The molecule has 10 heteroatoms. The van der Waals surface area contributed by atoms with Gasteiger partial charge in [-0.05, 0) is 63.1 Å². The molecule has 0 amide bonds. The topological polar surface area (TPSA) is 71.2 Å².